The number of likely N-dealkylation sites (tertiary alicyclic amines) is 1. The number of piperazine rings is 1. The van der Waals surface area contributed by atoms with Crippen LogP contribution in [-0.2, 0) is 4.79 Å². The predicted molar refractivity (Wildman–Crippen MR) is 143 cm³/mol. The highest BCUT2D eigenvalue weighted by Gasteiger charge is 2.31. The lowest BCUT2D eigenvalue weighted by atomic mass is 10.2. The third-order valence-electron chi connectivity index (χ3n) is 6.48. The normalized spacial score (nSPS) is 20.2. The molecule has 11 heteroatoms. The van der Waals surface area contributed by atoms with Crippen LogP contribution < -0.4 is 20.1 Å². The van der Waals surface area contributed by atoms with Crippen LogP contribution in [0.1, 0.15) is 6.42 Å². The molecule has 198 valence electrons. The van der Waals surface area contributed by atoms with Crippen molar-refractivity contribution in [2.75, 3.05) is 59.2 Å². The Hall–Kier alpha value is -3.05. The molecule has 0 spiro atoms. The van der Waals surface area contributed by atoms with E-state index in [-0.39, 0.29) is 22.9 Å². The van der Waals surface area contributed by atoms with Crippen molar-refractivity contribution in [2.24, 2.45) is 0 Å². The lowest BCUT2D eigenvalue weighted by molar-refractivity contribution is -0.111. The van der Waals surface area contributed by atoms with Crippen LogP contribution in [-0.4, -0.2) is 92.1 Å². The Kier molecular flexibility index (Phi) is 9.09. The predicted octanol–water partition coefficient (Wildman–Crippen LogP) is 3.35. The summed E-state index contributed by atoms with van der Waals surface area (Å²) < 4.78 is 26.0. The van der Waals surface area contributed by atoms with Crippen molar-refractivity contribution in [1.29, 1.82) is 0 Å². The molecule has 0 amide bonds. The van der Waals surface area contributed by atoms with Crippen molar-refractivity contribution < 1.29 is 18.7 Å². The number of ether oxygens (including phenoxy) is 2. The first kappa shape index (κ1) is 27.0. The first-order valence-electron chi connectivity index (χ1n) is 12.1. The molecule has 1 aromatic heterocycles. The van der Waals surface area contributed by atoms with Crippen LogP contribution >= 0.6 is 11.6 Å². The SMILES string of the molecule is CN1CCNCC1.COc1cc2ncnc(Nc3cccc(Cl)c3F)c2cc1O[C@H]1CC(C=O)N(C)C1. The van der Waals surface area contributed by atoms with E-state index < -0.39 is 5.82 Å². The van der Waals surface area contributed by atoms with Gasteiger partial charge in [-0.05, 0) is 32.3 Å². The van der Waals surface area contributed by atoms with Gasteiger partial charge in [-0.25, -0.2) is 14.4 Å². The highest BCUT2D eigenvalue weighted by Crippen LogP contribution is 2.37. The van der Waals surface area contributed by atoms with E-state index >= 15 is 0 Å². The van der Waals surface area contributed by atoms with E-state index in [1.54, 1.807) is 31.4 Å². The van der Waals surface area contributed by atoms with Gasteiger partial charge in [0.1, 0.15) is 24.5 Å². The van der Waals surface area contributed by atoms with Crippen LogP contribution in [0.5, 0.6) is 11.5 Å². The summed E-state index contributed by atoms with van der Waals surface area (Å²) in [5, 5.41) is 6.89. The van der Waals surface area contributed by atoms with Crippen LogP contribution in [0.2, 0.25) is 5.02 Å². The quantitative estimate of drug-likeness (QED) is 0.465. The van der Waals surface area contributed by atoms with Crippen molar-refractivity contribution in [3.8, 4) is 11.5 Å². The minimum absolute atomic E-state index is 0.0131. The van der Waals surface area contributed by atoms with E-state index in [1.807, 2.05) is 11.9 Å². The summed E-state index contributed by atoms with van der Waals surface area (Å²) in [6, 6.07) is 8.02. The molecule has 2 N–H and O–H groups in total. The summed E-state index contributed by atoms with van der Waals surface area (Å²) >= 11 is 5.88. The zero-order valence-electron chi connectivity index (χ0n) is 21.2. The second-order valence-corrected chi connectivity index (χ2v) is 9.55. The molecule has 37 heavy (non-hydrogen) atoms. The monoisotopic (exact) mass is 530 g/mol. The maximum atomic E-state index is 14.3. The van der Waals surface area contributed by atoms with Gasteiger partial charge >= 0.3 is 0 Å². The topological polar surface area (TPSA) is 91.9 Å². The number of benzene rings is 2. The Balaban J connectivity index is 0.000000396. The first-order chi connectivity index (χ1) is 17.9. The van der Waals surface area contributed by atoms with Crippen molar-refractivity contribution in [2.45, 2.75) is 18.6 Å². The number of halogens is 2. The highest BCUT2D eigenvalue weighted by atomic mass is 35.5. The molecule has 0 radical (unpaired) electrons. The lowest BCUT2D eigenvalue weighted by Gasteiger charge is -2.21. The fourth-order valence-electron chi connectivity index (χ4n) is 4.32. The standard InChI is InChI=1S/C21H20ClFN4O3.C5H12N2/c1-27-9-13(6-12(27)10-28)30-19-7-14-17(8-18(19)29-2)24-11-25-21(14)26-16-5-3-4-15(22)20(16)23;1-7-4-2-6-3-5-7/h3-5,7-8,10-13H,6,9H2,1-2H3,(H,24,25,26);6H,2-5H2,1H3/t12?,13-;/m0./s1. The zero-order chi connectivity index (χ0) is 26.4. The molecule has 2 atom stereocenters. The minimum atomic E-state index is -0.565. The Labute approximate surface area is 220 Å². The Morgan fingerprint density at radius 2 is 1.97 bits per heavy atom. The summed E-state index contributed by atoms with van der Waals surface area (Å²) in [7, 11) is 5.58. The van der Waals surface area contributed by atoms with Gasteiger partial charge in [0.25, 0.3) is 0 Å². The fourth-order valence-corrected chi connectivity index (χ4v) is 4.50. The van der Waals surface area contributed by atoms with Crippen LogP contribution in [0.3, 0.4) is 0 Å². The van der Waals surface area contributed by atoms with Gasteiger partial charge in [0.05, 0.1) is 29.4 Å². The van der Waals surface area contributed by atoms with Gasteiger partial charge in [-0.2, -0.15) is 0 Å². The summed E-state index contributed by atoms with van der Waals surface area (Å²) in [5.74, 6) is 0.852. The number of nitrogens with one attached hydrogen (secondary N) is 2. The molecule has 0 bridgehead atoms. The van der Waals surface area contributed by atoms with Crippen molar-refractivity contribution in [3.05, 3.63) is 47.5 Å². The molecule has 5 rings (SSSR count). The van der Waals surface area contributed by atoms with Crippen molar-refractivity contribution in [3.63, 3.8) is 0 Å². The molecule has 2 aromatic carbocycles. The van der Waals surface area contributed by atoms with E-state index in [1.165, 1.54) is 25.5 Å². The number of methoxy groups -OCH3 is 1. The van der Waals surface area contributed by atoms with Crippen LogP contribution in [0.25, 0.3) is 10.9 Å². The Bertz CT molecular complexity index is 1230. The number of aldehydes is 1. The average Bonchev–Trinajstić information content (AvgIpc) is 3.26. The van der Waals surface area contributed by atoms with Gasteiger partial charge in [-0.15, -0.1) is 0 Å². The maximum Gasteiger partial charge on any atom is 0.165 e. The Morgan fingerprint density at radius 3 is 2.62 bits per heavy atom. The molecule has 1 unspecified atom stereocenters. The van der Waals surface area contributed by atoms with Gasteiger partial charge in [0.15, 0.2) is 17.3 Å². The number of hydrogen-bond donors (Lipinski definition) is 2. The molecule has 0 aliphatic carbocycles. The van der Waals surface area contributed by atoms with Crippen molar-refractivity contribution >= 4 is 40.3 Å². The number of anilines is 2. The molecular weight excluding hydrogens is 499 g/mol. The van der Waals surface area contributed by atoms with Crippen molar-refractivity contribution in [1.82, 2.24) is 25.1 Å². The van der Waals surface area contributed by atoms with E-state index in [0.29, 0.717) is 41.2 Å². The summed E-state index contributed by atoms with van der Waals surface area (Å²) in [5.41, 5.74) is 0.806. The van der Waals surface area contributed by atoms with Gasteiger partial charge in [-0.1, -0.05) is 17.7 Å². The molecule has 2 saturated heterocycles. The number of likely N-dealkylation sites (N-methyl/N-ethyl adjacent to an activating group) is 2. The molecule has 3 aromatic rings. The van der Waals surface area contributed by atoms with Gasteiger partial charge < -0.3 is 29.8 Å². The van der Waals surface area contributed by atoms with E-state index in [0.717, 1.165) is 19.4 Å². The zero-order valence-corrected chi connectivity index (χ0v) is 22.0. The van der Waals surface area contributed by atoms with Gasteiger partial charge in [0.2, 0.25) is 0 Å². The number of fused-ring (bicyclic) bond motifs is 1. The molecule has 3 heterocycles. The fraction of sp³-hybridized carbons (Fsp3) is 0.423. The highest BCUT2D eigenvalue weighted by molar-refractivity contribution is 6.31. The summed E-state index contributed by atoms with van der Waals surface area (Å²) in [6.45, 7) is 5.36. The summed E-state index contributed by atoms with van der Waals surface area (Å²) in [6.07, 6.45) is 2.73. The number of hydrogen-bond acceptors (Lipinski definition) is 9. The molecule has 9 nitrogen and oxygen atoms in total. The van der Waals surface area contributed by atoms with Crippen LogP contribution in [0.15, 0.2) is 36.7 Å². The second kappa shape index (κ2) is 12.5. The average molecular weight is 531 g/mol. The smallest absolute Gasteiger partial charge is 0.165 e. The second-order valence-electron chi connectivity index (χ2n) is 9.14. The van der Waals surface area contributed by atoms with E-state index in [4.69, 9.17) is 21.1 Å². The molecule has 2 aliphatic rings. The third-order valence-corrected chi connectivity index (χ3v) is 6.77. The summed E-state index contributed by atoms with van der Waals surface area (Å²) in [4.78, 5) is 24.0. The molecule has 0 saturated carbocycles. The van der Waals surface area contributed by atoms with E-state index in [2.05, 4.69) is 32.5 Å². The minimum Gasteiger partial charge on any atom is -0.493 e. The van der Waals surface area contributed by atoms with Crippen LogP contribution in [0.4, 0.5) is 15.9 Å². The molecular formula is C26H32ClFN6O3. The number of nitrogens with zero attached hydrogens (tertiary/aromatic N) is 4. The number of aromatic nitrogens is 2. The largest absolute Gasteiger partial charge is 0.493 e. The lowest BCUT2D eigenvalue weighted by Crippen LogP contribution is -2.40. The third kappa shape index (κ3) is 6.64. The first-order valence-corrected chi connectivity index (χ1v) is 12.5. The number of carbonyl (C=O) groups excluding carboxylic acids is 1. The Morgan fingerprint density at radius 1 is 1.19 bits per heavy atom. The van der Waals surface area contributed by atoms with Gasteiger partial charge in [-0.3, -0.25) is 4.90 Å². The number of carbonyl (C=O) groups is 1. The maximum absolute atomic E-state index is 14.3. The number of rotatable bonds is 6. The van der Waals surface area contributed by atoms with Crippen LogP contribution in [0, 0.1) is 5.82 Å². The van der Waals surface area contributed by atoms with E-state index in [9.17, 15) is 9.18 Å². The molecule has 2 aliphatic heterocycles. The van der Waals surface area contributed by atoms with Gasteiger partial charge in [0, 0.05) is 50.6 Å². The molecule has 2 fully saturated rings.